The van der Waals surface area contributed by atoms with Crippen molar-refractivity contribution in [1.29, 1.82) is 0 Å². The number of nitrogens with two attached hydrogens (primary N) is 1. The Balaban J connectivity index is 2.07. The van der Waals surface area contributed by atoms with E-state index in [0.29, 0.717) is 28.9 Å². The summed E-state index contributed by atoms with van der Waals surface area (Å²) in [5.74, 6) is 0.706. The van der Waals surface area contributed by atoms with Crippen LogP contribution in [-0.4, -0.2) is 12.3 Å². The molecule has 2 N–H and O–H groups in total. The quantitative estimate of drug-likeness (QED) is 0.917. The molecule has 1 aliphatic rings. The molecule has 0 aromatic heterocycles. The molecular formula is C15H19Cl2NO. The van der Waals surface area contributed by atoms with Crippen LogP contribution in [0.5, 0.6) is 0 Å². The van der Waals surface area contributed by atoms with Gasteiger partial charge in [0, 0.05) is 22.4 Å². The van der Waals surface area contributed by atoms with Crippen molar-refractivity contribution in [2.24, 2.45) is 17.6 Å². The van der Waals surface area contributed by atoms with Gasteiger partial charge in [-0.3, -0.25) is 4.79 Å². The van der Waals surface area contributed by atoms with Crippen molar-refractivity contribution in [2.75, 3.05) is 6.54 Å². The summed E-state index contributed by atoms with van der Waals surface area (Å²) in [4.78, 5) is 12.4. The average Bonchev–Trinajstić information content (AvgIpc) is 2.41. The summed E-state index contributed by atoms with van der Waals surface area (Å²) >= 11 is 12.0. The fourth-order valence-electron chi connectivity index (χ4n) is 2.90. The fraction of sp³-hybridized carbons (Fsp3) is 0.533. The molecule has 19 heavy (non-hydrogen) atoms. The molecule has 2 rings (SSSR count). The van der Waals surface area contributed by atoms with Gasteiger partial charge in [0.2, 0.25) is 0 Å². The molecule has 2 unspecified atom stereocenters. The maximum Gasteiger partial charge on any atom is 0.140 e. The number of halogens is 2. The Bertz CT molecular complexity index is 461. The molecule has 1 saturated carbocycles. The third kappa shape index (κ3) is 3.71. The normalized spacial score (nSPS) is 23.3. The third-order valence-electron chi connectivity index (χ3n) is 4.01. The lowest BCUT2D eigenvalue weighted by molar-refractivity contribution is -0.124. The van der Waals surface area contributed by atoms with Crippen LogP contribution in [-0.2, 0) is 11.2 Å². The lowest BCUT2D eigenvalue weighted by atomic mass is 9.76. The lowest BCUT2D eigenvalue weighted by Gasteiger charge is -2.29. The standard InChI is InChI=1S/C15H19Cl2NO/c16-12-6-5-10(14(17)8-12)7-15(19)13-4-2-1-3-11(13)9-18/h5-6,8,11,13H,1-4,7,9,18H2. The van der Waals surface area contributed by atoms with E-state index in [-0.39, 0.29) is 11.7 Å². The molecular weight excluding hydrogens is 281 g/mol. The highest BCUT2D eigenvalue weighted by atomic mass is 35.5. The molecule has 0 radical (unpaired) electrons. The Morgan fingerprint density at radius 3 is 2.68 bits per heavy atom. The number of Topliss-reactive ketones (excluding diaryl/α,β-unsaturated/α-hetero) is 1. The minimum absolute atomic E-state index is 0.102. The van der Waals surface area contributed by atoms with Gasteiger partial charge in [0.1, 0.15) is 5.78 Å². The van der Waals surface area contributed by atoms with Gasteiger partial charge in [0.05, 0.1) is 0 Å². The summed E-state index contributed by atoms with van der Waals surface area (Å²) in [6.45, 7) is 0.602. The van der Waals surface area contributed by atoms with E-state index in [1.807, 2.05) is 6.07 Å². The maximum atomic E-state index is 12.4. The number of carbonyl (C=O) groups excluding carboxylic acids is 1. The molecule has 0 spiro atoms. The van der Waals surface area contributed by atoms with Crippen LogP contribution >= 0.6 is 23.2 Å². The Morgan fingerprint density at radius 1 is 1.26 bits per heavy atom. The summed E-state index contributed by atoms with van der Waals surface area (Å²) in [7, 11) is 0. The first kappa shape index (κ1) is 14.8. The number of hydrogen-bond donors (Lipinski definition) is 1. The van der Waals surface area contributed by atoms with Crippen molar-refractivity contribution in [1.82, 2.24) is 0 Å². The molecule has 1 aromatic carbocycles. The Labute approximate surface area is 124 Å². The molecule has 0 aliphatic heterocycles. The van der Waals surface area contributed by atoms with Crippen LogP contribution in [0.25, 0.3) is 0 Å². The second-order valence-electron chi connectivity index (χ2n) is 5.27. The molecule has 104 valence electrons. The van der Waals surface area contributed by atoms with Crippen molar-refractivity contribution in [3.8, 4) is 0 Å². The van der Waals surface area contributed by atoms with Crippen LogP contribution in [0, 0.1) is 11.8 Å². The van der Waals surface area contributed by atoms with Crippen molar-refractivity contribution < 1.29 is 4.79 Å². The second kappa shape index (κ2) is 6.74. The van der Waals surface area contributed by atoms with Gasteiger partial charge in [-0.2, -0.15) is 0 Å². The van der Waals surface area contributed by atoms with E-state index in [1.54, 1.807) is 12.1 Å². The van der Waals surface area contributed by atoms with Gasteiger partial charge in [-0.05, 0) is 43.0 Å². The molecule has 0 saturated heterocycles. The minimum atomic E-state index is 0.102. The van der Waals surface area contributed by atoms with Crippen LogP contribution in [0.2, 0.25) is 10.0 Å². The first-order chi connectivity index (χ1) is 9.11. The number of hydrogen-bond acceptors (Lipinski definition) is 2. The van der Waals surface area contributed by atoms with Gasteiger partial charge in [-0.15, -0.1) is 0 Å². The predicted molar refractivity (Wildman–Crippen MR) is 79.7 cm³/mol. The van der Waals surface area contributed by atoms with Gasteiger partial charge >= 0.3 is 0 Å². The summed E-state index contributed by atoms with van der Waals surface area (Å²) in [5.41, 5.74) is 6.64. The van der Waals surface area contributed by atoms with Crippen molar-refractivity contribution in [3.63, 3.8) is 0 Å². The number of rotatable bonds is 4. The summed E-state index contributed by atoms with van der Waals surface area (Å²) < 4.78 is 0. The topological polar surface area (TPSA) is 43.1 Å². The molecule has 2 atom stereocenters. The average molecular weight is 300 g/mol. The van der Waals surface area contributed by atoms with E-state index in [0.717, 1.165) is 24.8 Å². The zero-order chi connectivity index (χ0) is 13.8. The Morgan fingerprint density at radius 2 is 2.00 bits per heavy atom. The van der Waals surface area contributed by atoms with Gasteiger partial charge in [-0.25, -0.2) is 0 Å². The number of ketones is 1. The second-order valence-corrected chi connectivity index (χ2v) is 6.11. The van der Waals surface area contributed by atoms with Crippen LogP contribution in [0.4, 0.5) is 0 Å². The monoisotopic (exact) mass is 299 g/mol. The largest absolute Gasteiger partial charge is 0.330 e. The van der Waals surface area contributed by atoms with Crippen LogP contribution in [0.15, 0.2) is 18.2 Å². The maximum absolute atomic E-state index is 12.4. The van der Waals surface area contributed by atoms with E-state index in [1.165, 1.54) is 6.42 Å². The van der Waals surface area contributed by atoms with E-state index in [2.05, 4.69) is 0 Å². The smallest absolute Gasteiger partial charge is 0.140 e. The lowest BCUT2D eigenvalue weighted by Crippen LogP contribution is -2.33. The van der Waals surface area contributed by atoms with E-state index in [9.17, 15) is 4.79 Å². The van der Waals surface area contributed by atoms with Crippen molar-refractivity contribution >= 4 is 29.0 Å². The van der Waals surface area contributed by atoms with Gasteiger partial charge in [0.25, 0.3) is 0 Å². The zero-order valence-electron chi connectivity index (χ0n) is 10.9. The summed E-state index contributed by atoms with van der Waals surface area (Å²) in [6, 6.07) is 5.30. The Kier molecular flexibility index (Phi) is 5.26. The summed E-state index contributed by atoms with van der Waals surface area (Å²) in [6.07, 6.45) is 4.74. The highest BCUT2D eigenvalue weighted by Gasteiger charge is 2.29. The minimum Gasteiger partial charge on any atom is -0.330 e. The molecule has 0 amide bonds. The van der Waals surface area contributed by atoms with E-state index < -0.39 is 0 Å². The van der Waals surface area contributed by atoms with Crippen LogP contribution < -0.4 is 5.73 Å². The molecule has 4 heteroatoms. The number of benzene rings is 1. The molecule has 1 fully saturated rings. The molecule has 2 nitrogen and oxygen atoms in total. The highest BCUT2D eigenvalue weighted by molar-refractivity contribution is 6.35. The Hall–Kier alpha value is -0.570. The van der Waals surface area contributed by atoms with Gasteiger partial charge < -0.3 is 5.73 Å². The molecule has 0 bridgehead atoms. The first-order valence-electron chi connectivity index (χ1n) is 6.78. The molecule has 1 aliphatic carbocycles. The highest BCUT2D eigenvalue weighted by Crippen LogP contribution is 2.31. The molecule has 1 aromatic rings. The van der Waals surface area contributed by atoms with E-state index >= 15 is 0 Å². The fourth-order valence-corrected chi connectivity index (χ4v) is 3.37. The van der Waals surface area contributed by atoms with Crippen molar-refractivity contribution in [2.45, 2.75) is 32.1 Å². The SMILES string of the molecule is NCC1CCCCC1C(=O)Cc1ccc(Cl)cc1Cl. The molecule has 0 heterocycles. The van der Waals surface area contributed by atoms with Crippen LogP contribution in [0.1, 0.15) is 31.2 Å². The third-order valence-corrected chi connectivity index (χ3v) is 4.59. The van der Waals surface area contributed by atoms with Crippen LogP contribution in [0.3, 0.4) is 0 Å². The van der Waals surface area contributed by atoms with Crippen molar-refractivity contribution in [3.05, 3.63) is 33.8 Å². The predicted octanol–water partition coefficient (Wildman–Crippen LogP) is 3.87. The van der Waals surface area contributed by atoms with Gasteiger partial charge in [0.15, 0.2) is 0 Å². The van der Waals surface area contributed by atoms with Gasteiger partial charge in [-0.1, -0.05) is 42.1 Å². The van der Waals surface area contributed by atoms with E-state index in [4.69, 9.17) is 28.9 Å². The first-order valence-corrected chi connectivity index (χ1v) is 7.54. The zero-order valence-corrected chi connectivity index (χ0v) is 12.4. The number of carbonyl (C=O) groups is 1. The summed E-state index contributed by atoms with van der Waals surface area (Å²) in [5, 5.41) is 1.17.